The predicted octanol–water partition coefficient (Wildman–Crippen LogP) is 7.18. The van der Waals surface area contributed by atoms with E-state index in [1.54, 1.807) is 0 Å². The molecule has 0 spiro atoms. The SMILES string of the molecule is CCC(=C(c1ccc(OCCN2CCCC2)cc1)c1ccc(OCOC(=O)C(C)(C)C)cc1)c1ccc2c(c1)OCO2. The first-order valence-electron chi connectivity index (χ1n) is 14.8. The number of carbonyl (C=O) groups excluding carboxylic acids is 1. The summed E-state index contributed by atoms with van der Waals surface area (Å²) in [5.41, 5.74) is 4.94. The molecule has 0 saturated carbocycles. The maximum Gasteiger partial charge on any atom is 0.314 e. The van der Waals surface area contributed by atoms with Gasteiger partial charge in [-0.1, -0.05) is 37.3 Å². The Bertz CT molecular complexity index is 1380. The topological polar surface area (TPSA) is 66.5 Å². The van der Waals surface area contributed by atoms with Crippen LogP contribution in [0.1, 0.15) is 63.6 Å². The largest absolute Gasteiger partial charge is 0.492 e. The molecule has 0 amide bonds. The Morgan fingerprint density at radius 1 is 0.810 bits per heavy atom. The molecule has 0 unspecified atom stereocenters. The molecule has 1 saturated heterocycles. The van der Waals surface area contributed by atoms with E-state index >= 15 is 0 Å². The van der Waals surface area contributed by atoms with E-state index in [0.717, 1.165) is 52.5 Å². The van der Waals surface area contributed by atoms with Gasteiger partial charge in [0, 0.05) is 6.54 Å². The summed E-state index contributed by atoms with van der Waals surface area (Å²) in [5, 5.41) is 0. The molecular formula is C35H41NO6. The standard InChI is InChI=1S/C35H41NO6/c1-5-30(27-12-17-31-32(22-27)41-24-40-31)33(25-8-13-28(14-9-25)38-21-20-36-18-6-7-19-36)26-10-15-29(16-11-26)39-23-42-34(37)35(2,3)4/h8-17,22H,5-7,18-21,23-24H2,1-4H3. The van der Waals surface area contributed by atoms with Gasteiger partial charge in [-0.25, -0.2) is 0 Å². The first kappa shape index (κ1) is 29.5. The van der Waals surface area contributed by atoms with Crippen LogP contribution in [-0.4, -0.2) is 50.7 Å². The highest BCUT2D eigenvalue weighted by Crippen LogP contribution is 2.40. The molecule has 0 aromatic heterocycles. The van der Waals surface area contributed by atoms with Crippen LogP contribution in [0.2, 0.25) is 0 Å². The van der Waals surface area contributed by atoms with Crippen molar-refractivity contribution in [2.45, 2.75) is 47.0 Å². The normalized spacial score (nSPS) is 15.3. The summed E-state index contributed by atoms with van der Waals surface area (Å²) in [6.45, 7) is 11.7. The van der Waals surface area contributed by atoms with Gasteiger partial charge >= 0.3 is 5.97 Å². The van der Waals surface area contributed by atoms with Crippen LogP contribution in [0.15, 0.2) is 66.7 Å². The van der Waals surface area contributed by atoms with E-state index in [4.69, 9.17) is 23.7 Å². The predicted molar refractivity (Wildman–Crippen MR) is 164 cm³/mol. The van der Waals surface area contributed by atoms with Crippen molar-refractivity contribution in [2.24, 2.45) is 5.41 Å². The van der Waals surface area contributed by atoms with Gasteiger partial charge in [-0.3, -0.25) is 9.69 Å². The van der Waals surface area contributed by atoms with Crippen LogP contribution in [-0.2, 0) is 9.53 Å². The lowest BCUT2D eigenvalue weighted by atomic mass is 9.88. The third kappa shape index (κ3) is 7.26. The highest BCUT2D eigenvalue weighted by Gasteiger charge is 2.23. The van der Waals surface area contributed by atoms with Gasteiger partial charge in [0.15, 0.2) is 11.5 Å². The molecule has 3 aromatic rings. The van der Waals surface area contributed by atoms with Gasteiger partial charge in [-0.2, -0.15) is 0 Å². The average Bonchev–Trinajstić information content (AvgIpc) is 3.68. The molecule has 42 heavy (non-hydrogen) atoms. The Balaban J connectivity index is 1.39. The monoisotopic (exact) mass is 571 g/mol. The van der Waals surface area contributed by atoms with Crippen molar-refractivity contribution < 1.29 is 28.5 Å². The Morgan fingerprint density at radius 3 is 2.02 bits per heavy atom. The van der Waals surface area contributed by atoms with Crippen LogP contribution in [0.3, 0.4) is 0 Å². The summed E-state index contributed by atoms with van der Waals surface area (Å²) in [7, 11) is 0. The van der Waals surface area contributed by atoms with Crippen molar-refractivity contribution >= 4 is 17.1 Å². The highest BCUT2D eigenvalue weighted by atomic mass is 16.7. The molecule has 0 atom stereocenters. The van der Waals surface area contributed by atoms with Crippen LogP contribution in [0.25, 0.3) is 11.1 Å². The van der Waals surface area contributed by atoms with E-state index in [0.29, 0.717) is 12.4 Å². The molecule has 0 bridgehead atoms. The molecule has 7 heteroatoms. The maximum absolute atomic E-state index is 12.1. The molecule has 3 aromatic carbocycles. The van der Waals surface area contributed by atoms with Crippen molar-refractivity contribution in [3.63, 3.8) is 0 Å². The van der Waals surface area contributed by atoms with Crippen LogP contribution >= 0.6 is 0 Å². The first-order valence-corrected chi connectivity index (χ1v) is 14.8. The maximum atomic E-state index is 12.1. The van der Waals surface area contributed by atoms with Crippen molar-refractivity contribution in [2.75, 3.05) is 39.8 Å². The Labute approximate surface area is 249 Å². The molecule has 2 heterocycles. The minimum Gasteiger partial charge on any atom is -0.492 e. The average molecular weight is 572 g/mol. The number of hydrogen-bond donors (Lipinski definition) is 0. The second-order valence-corrected chi connectivity index (χ2v) is 11.7. The van der Waals surface area contributed by atoms with Crippen LogP contribution in [0, 0.1) is 5.41 Å². The number of carbonyl (C=O) groups is 1. The van der Waals surface area contributed by atoms with E-state index in [1.807, 2.05) is 63.2 Å². The van der Waals surface area contributed by atoms with Gasteiger partial charge in [0.25, 0.3) is 0 Å². The van der Waals surface area contributed by atoms with Gasteiger partial charge in [0.05, 0.1) is 5.41 Å². The number of benzene rings is 3. The lowest BCUT2D eigenvalue weighted by Crippen LogP contribution is -2.25. The smallest absolute Gasteiger partial charge is 0.314 e. The molecule has 7 nitrogen and oxygen atoms in total. The number of esters is 1. The molecular weight excluding hydrogens is 530 g/mol. The van der Waals surface area contributed by atoms with E-state index in [2.05, 4.69) is 36.1 Å². The number of ether oxygens (including phenoxy) is 5. The number of fused-ring (bicyclic) bond motifs is 1. The van der Waals surface area contributed by atoms with Crippen molar-refractivity contribution in [1.29, 1.82) is 0 Å². The fraction of sp³-hybridized carbons (Fsp3) is 0.400. The highest BCUT2D eigenvalue weighted by molar-refractivity contribution is 5.99. The minimum atomic E-state index is -0.577. The van der Waals surface area contributed by atoms with E-state index < -0.39 is 5.41 Å². The zero-order chi connectivity index (χ0) is 29.5. The summed E-state index contributed by atoms with van der Waals surface area (Å²) in [5.74, 6) is 2.71. The first-order chi connectivity index (χ1) is 20.3. The Hall–Kier alpha value is -3.97. The number of likely N-dealkylation sites (tertiary alicyclic amines) is 1. The fourth-order valence-electron chi connectivity index (χ4n) is 5.23. The Morgan fingerprint density at radius 2 is 1.40 bits per heavy atom. The molecule has 2 aliphatic heterocycles. The number of allylic oxidation sites excluding steroid dienone is 1. The third-order valence-electron chi connectivity index (χ3n) is 7.57. The minimum absolute atomic E-state index is 0.130. The van der Waals surface area contributed by atoms with Gasteiger partial charge in [-0.15, -0.1) is 0 Å². The van der Waals surface area contributed by atoms with Gasteiger partial charge < -0.3 is 23.7 Å². The van der Waals surface area contributed by atoms with Crippen LogP contribution in [0.5, 0.6) is 23.0 Å². The van der Waals surface area contributed by atoms with Crippen molar-refractivity contribution in [3.8, 4) is 23.0 Å². The zero-order valence-corrected chi connectivity index (χ0v) is 25.1. The Kier molecular flexibility index (Phi) is 9.38. The number of hydrogen-bond acceptors (Lipinski definition) is 7. The molecule has 0 aliphatic carbocycles. The molecule has 2 aliphatic rings. The van der Waals surface area contributed by atoms with Crippen molar-refractivity contribution in [1.82, 2.24) is 4.90 Å². The molecule has 0 N–H and O–H groups in total. The third-order valence-corrected chi connectivity index (χ3v) is 7.57. The van der Waals surface area contributed by atoms with Crippen LogP contribution in [0.4, 0.5) is 0 Å². The lowest BCUT2D eigenvalue weighted by Gasteiger charge is -2.18. The summed E-state index contributed by atoms with van der Waals surface area (Å²) < 4.78 is 28.3. The van der Waals surface area contributed by atoms with Gasteiger partial charge in [0.1, 0.15) is 18.1 Å². The number of rotatable bonds is 11. The van der Waals surface area contributed by atoms with Gasteiger partial charge in [-0.05, 0) is 117 Å². The quantitative estimate of drug-likeness (QED) is 0.137. The molecule has 1 fully saturated rings. The summed E-state index contributed by atoms with van der Waals surface area (Å²) >= 11 is 0. The fourth-order valence-corrected chi connectivity index (χ4v) is 5.23. The molecule has 5 rings (SSSR count). The number of nitrogens with zero attached hydrogens (tertiary/aromatic N) is 1. The van der Waals surface area contributed by atoms with E-state index in [1.165, 1.54) is 31.5 Å². The second kappa shape index (κ2) is 13.3. The van der Waals surface area contributed by atoms with Gasteiger partial charge in [0.2, 0.25) is 13.6 Å². The molecule has 0 radical (unpaired) electrons. The van der Waals surface area contributed by atoms with Crippen LogP contribution < -0.4 is 18.9 Å². The summed E-state index contributed by atoms with van der Waals surface area (Å²) in [6.07, 6.45) is 3.37. The van der Waals surface area contributed by atoms with E-state index in [9.17, 15) is 4.79 Å². The summed E-state index contributed by atoms with van der Waals surface area (Å²) in [4.78, 5) is 14.5. The molecule has 222 valence electrons. The second-order valence-electron chi connectivity index (χ2n) is 11.7. The van der Waals surface area contributed by atoms with E-state index in [-0.39, 0.29) is 19.6 Å². The zero-order valence-electron chi connectivity index (χ0n) is 25.1. The lowest BCUT2D eigenvalue weighted by molar-refractivity contribution is -0.159. The van der Waals surface area contributed by atoms with Crippen molar-refractivity contribution in [3.05, 3.63) is 83.4 Å². The summed E-state index contributed by atoms with van der Waals surface area (Å²) in [6, 6.07) is 22.4.